The third kappa shape index (κ3) is 37.5. The summed E-state index contributed by atoms with van der Waals surface area (Å²) in [4.78, 5) is 26.7. The normalized spacial score (nSPS) is 13.6. The third-order valence-electron chi connectivity index (χ3n) is 11.7. The molecule has 0 fully saturated rings. The number of hydrogen-bond acceptors (Lipinski definition) is 4. The predicted molar refractivity (Wildman–Crippen MR) is 233 cm³/mol. The molecule has 0 aromatic carbocycles. The first kappa shape index (κ1) is 56.0. The van der Waals surface area contributed by atoms with Crippen molar-refractivity contribution in [3.05, 3.63) is 0 Å². The van der Waals surface area contributed by atoms with Crippen LogP contribution in [0.4, 0.5) is 0 Å². The zero-order valence-corrected chi connectivity index (χ0v) is 40.2. The molecule has 4 nitrogen and oxygen atoms in total. The van der Waals surface area contributed by atoms with E-state index in [0.717, 1.165) is 51.4 Å². The average Bonchev–Trinajstić information content (AvgIpc) is 3.12. The van der Waals surface area contributed by atoms with E-state index in [1.165, 1.54) is 193 Å². The number of ether oxygens (including phenoxy) is 2. The largest absolute Gasteiger partial charge is 1.00 e. The number of hydrogen-bond donors (Lipinski definition) is 0. The summed E-state index contributed by atoms with van der Waals surface area (Å²) in [6.07, 6.45) is 46.7. The van der Waals surface area contributed by atoms with Crippen LogP contribution in [-0.4, -0.2) is 23.1 Å². The van der Waals surface area contributed by atoms with Crippen molar-refractivity contribution in [1.82, 2.24) is 0 Å². The zero-order chi connectivity index (χ0) is 39.1. The summed E-state index contributed by atoms with van der Waals surface area (Å²) in [6, 6.07) is 0. The third-order valence-corrected chi connectivity index (χ3v) is 11.7. The van der Waals surface area contributed by atoms with Crippen LogP contribution in [0, 0.1) is 0 Å². The van der Waals surface area contributed by atoms with Gasteiger partial charge in [-0.1, -0.05) is 220 Å². The summed E-state index contributed by atoms with van der Waals surface area (Å²) < 4.78 is 12.4. The molecule has 0 heterocycles. The number of carbonyl (C=O) groups is 2. The molecule has 0 spiro atoms. The molecule has 0 aliphatic rings. The Kier molecular flexibility index (Phi) is 42.7. The van der Waals surface area contributed by atoms with Gasteiger partial charge in [-0.3, -0.25) is 9.59 Å². The number of unbranched alkanes of at least 4 members (excludes halogenated alkanes) is 30. The summed E-state index contributed by atoms with van der Waals surface area (Å²) in [5.41, 5.74) is -1.00. The van der Waals surface area contributed by atoms with Crippen LogP contribution in [0.15, 0.2) is 0 Å². The van der Waals surface area contributed by atoms with E-state index in [1.807, 2.05) is 0 Å². The quantitative estimate of drug-likeness (QED) is 0.0268. The summed E-state index contributed by atoms with van der Waals surface area (Å²) >= 11 is 0. The van der Waals surface area contributed by atoms with Crippen molar-refractivity contribution in [3.63, 3.8) is 0 Å². The molecule has 0 aliphatic carbocycles. The molecule has 0 aliphatic heterocycles. The maximum absolute atomic E-state index is 13.4. The van der Waals surface area contributed by atoms with Gasteiger partial charge in [0, 0.05) is 0 Å². The fraction of sp³-hybridized carbons (Fsp3) is 0.959. The van der Waals surface area contributed by atoms with Gasteiger partial charge in [0.1, 0.15) is 17.6 Å². The summed E-state index contributed by atoms with van der Waals surface area (Å²) in [6.45, 7) is 13.3. The van der Waals surface area contributed by atoms with Crippen molar-refractivity contribution in [2.45, 2.75) is 303 Å². The van der Waals surface area contributed by atoms with E-state index in [-0.39, 0.29) is 37.4 Å². The van der Waals surface area contributed by atoms with Crippen molar-refractivity contribution in [2.75, 3.05) is 0 Å². The van der Waals surface area contributed by atoms with Gasteiger partial charge in [0.15, 0.2) is 0 Å². The summed E-state index contributed by atoms with van der Waals surface area (Å²) in [7, 11) is 0. The van der Waals surface area contributed by atoms with Gasteiger partial charge in [0.25, 0.3) is 0 Å². The molecule has 2 unspecified atom stereocenters. The monoisotopic (exact) mass is 773 g/mol. The second-order valence-electron chi connectivity index (χ2n) is 17.6. The minimum Gasteiger partial charge on any atom is -1.00 e. The van der Waals surface area contributed by atoms with Gasteiger partial charge in [-0.25, -0.2) is 0 Å². The van der Waals surface area contributed by atoms with Gasteiger partial charge in [-0.2, -0.15) is 0 Å². The molecule has 318 valence electrons. The molecule has 0 aromatic rings. The Hall–Kier alpha value is -0.0600. The van der Waals surface area contributed by atoms with Crippen LogP contribution in [0.3, 0.4) is 0 Å². The van der Waals surface area contributed by atoms with Gasteiger partial charge in [0.05, 0.1) is 0 Å². The Morgan fingerprint density at radius 3 is 0.685 bits per heavy atom. The standard InChI is InChI=1S/C49H96O4.Na.H/c1-7-11-15-19-23-25-27-31-35-39-43-48(5,41-37-33-29-21-17-13-9-3)52-46(50)45-47(51)53-49(6,42-38-34-30-22-18-14-10-4)44-40-36-32-28-26-24-20-16-12-8-2;;/h7-45H2,1-6H3;;/q;+1;-1. The molecule has 2 atom stereocenters. The zero-order valence-electron chi connectivity index (χ0n) is 39.2. The minimum atomic E-state index is -0.502. The fourth-order valence-corrected chi connectivity index (χ4v) is 8.08. The van der Waals surface area contributed by atoms with Gasteiger partial charge in [-0.15, -0.1) is 0 Å². The van der Waals surface area contributed by atoms with Crippen molar-refractivity contribution < 1.29 is 50.0 Å². The number of esters is 2. The van der Waals surface area contributed by atoms with Crippen LogP contribution in [-0.2, 0) is 19.1 Å². The molecule has 0 N–H and O–H groups in total. The van der Waals surface area contributed by atoms with Crippen molar-refractivity contribution in [3.8, 4) is 0 Å². The second kappa shape index (κ2) is 41.1. The van der Waals surface area contributed by atoms with E-state index < -0.39 is 23.1 Å². The molecule has 0 aromatic heterocycles. The average molecular weight is 773 g/mol. The summed E-state index contributed by atoms with van der Waals surface area (Å²) in [5.74, 6) is -0.797. The Labute approximate surface area is 363 Å². The maximum Gasteiger partial charge on any atom is 1.00 e. The molecule has 0 bridgehead atoms. The van der Waals surface area contributed by atoms with Crippen LogP contribution in [0.5, 0.6) is 0 Å². The molecule has 0 saturated heterocycles. The van der Waals surface area contributed by atoms with Crippen LogP contribution in [0.25, 0.3) is 0 Å². The molecular formula is C49H97NaO4. The second-order valence-corrected chi connectivity index (χ2v) is 17.6. The molecular weight excluding hydrogens is 676 g/mol. The van der Waals surface area contributed by atoms with E-state index in [0.29, 0.717) is 0 Å². The Balaban J connectivity index is -0.0000135. The van der Waals surface area contributed by atoms with Crippen LogP contribution in [0.2, 0.25) is 0 Å². The molecule has 5 heteroatoms. The van der Waals surface area contributed by atoms with Gasteiger partial charge < -0.3 is 10.9 Å². The molecule has 0 radical (unpaired) electrons. The minimum absolute atomic E-state index is 0. The topological polar surface area (TPSA) is 52.6 Å². The van der Waals surface area contributed by atoms with Gasteiger partial charge in [-0.05, 0) is 65.2 Å². The Morgan fingerprint density at radius 1 is 0.333 bits per heavy atom. The van der Waals surface area contributed by atoms with E-state index in [4.69, 9.17) is 9.47 Å². The van der Waals surface area contributed by atoms with Crippen LogP contribution < -0.4 is 29.6 Å². The first-order valence-corrected chi connectivity index (χ1v) is 24.2. The SMILES string of the molecule is CCCCCCCCCCCCC(C)(CCCCCCCCC)OC(=O)CC(=O)OC(C)(CCCCCCCCC)CCCCCCCCCCCC.[H-].[Na+]. The van der Waals surface area contributed by atoms with Crippen LogP contribution >= 0.6 is 0 Å². The number of rotatable bonds is 42. The van der Waals surface area contributed by atoms with E-state index >= 15 is 0 Å². The van der Waals surface area contributed by atoms with E-state index in [2.05, 4.69) is 41.5 Å². The van der Waals surface area contributed by atoms with Crippen molar-refractivity contribution >= 4 is 11.9 Å². The van der Waals surface area contributed by atoms with Gasteiger partial charge >= 0.3 is 41.5 Å². The summed E-state index contributed by atoms with van der Waals surface area (Å²) in [5, 5.41) is 0. The van der Waals surface area contributed by atoms with Crippen molar-refractivity contribution in [1.29, 1.82) is 0 Å². The molecule has 0 rings (SSSR count). The Bertz CT molecular complexity index is 746. The van der Waals surface area contributed by atoms with Crippen molar-refractivity contribution in [2.24, 2.45) is 0 Å². The smallest absolute Gasteiger partial charge is 1.00 e. The first-order valence-electron chi connectivity index (χ1n) is 24.2. The predicted octanol–water partition coefficient (Wildman–Crippen LogP) is 14.0. The first-order chi connectivity index (χ1) is 25.7. The molecule has 54 heavy (non-hydrogen) atoms. The molecule has 0 saturated carbocycles. The van der Waals surface area contributed by atoms with E-state index in [9.17, 15) is 9.59 Å². The molecule has 0 amide bonds. The van der Waals surface area contributed by atoms with Crippen LogP contribution in [0.1, 0.15) is 293 Å². The maximum atomic E-state index is 13.4. The number of carbonyl (C=O) groups excluding carboxylic acids is 2. The van der Waals surface area contributed by atoms with Gasteiger partial charge in [0.2, 0.25) is 0 Å². The fourth-order valence-electron chi connectivity index (χ4n) is 8.08. The Morgan fingerprint density at radius 2 is 0.500 bits per heavy atom. The van der Waals surface area contributed by atoms with E-state index in [1.54, 1.807) is 0 Å².